The van der Waals surface area contributed by atoms with Crippen LogP contribution in [0.25, 0.3) is 33.1 Å². The van der Waals surface area contributed by atoms with Gasteiger partial charge in [0.05, 0.1) is 16.3 Å². The van der Waals surface area contributed by atoms with Crippen LogP contribution in [0.1, 0.15) is 16.1 Å². The molecule has 156 valence electrons. The fourth-order valence-electron chi connectivity index (χ4n) is 3.57. The van der Waals surface area contributed by atoms with Crippen LogP contribution in [-0.4, -0.2) is 20.1 Å². The summed E-state index contributed by atoms with van der Waals surface area (Å²) in [6.45, 7) is 0. The minimum atomic E-state index is -0.525. The number of thiazole rings is 1. The molecule has 0 N–H and O–H groups in total. The fraction of sp³-hybridized carbons (Fsp3) is 0. The van der Waals surface area contributed by atoms with Crippen molar-refractivity contribution in [3.8, 4) is 11.3 Å². The van der Waals surface area contributed by atoms with Crippen molar-refractivity contribution in [1.82, 2.24) is 9.38 Å². The molecule has 0 unspecified atom stereocenters. The molecule has 3 aromatic carbocycles. The molecule has 2 aromatic heterocycles. The first-order valence-corrected chi connectivity index (χ1v) is 10.9. The molecule has 5 aromatic rings. The van der Waals surface area contributed by atoms with E-state index >= 15 is 0 Å². The van der Waals surface area contributed by atoms with Gasteiger partial charge in [0.2, 0.25) is 0 Å². The lowest BCUT2D eigenvalue weighted by atomic mass is 10.0. The van der Waals surface area contributed by atoms with Crippen LogP contribution in [0.5, 0.6) is 0 Å². The van der Waals surface area contributed by atoms with Gasteiger partial charge in [-0.05, 0) is 35.1 Å². The largest absolute Gasteiger partial charge is 0.290 e. The Morgan fingerprint density at radius 3 is 2.72 bits per heavy atom. The lowest BCUT2D eigenvalue weighted by Crippen LogP contribution is -1.95. The highest BCUT2D eigenvalue weighted by Gasteiger charge is 2.18. The molecule has 2 heterocycles. The van der Waals surface area contributed by atoms with Crippen molar-refractivity contribution < 1.29 is 9.72 Å². The van der Waals surface area contributed by atoms with Crippen molar-refractivity contribution in [3.63, 3.8) is 0 Å². The average Bonchev–Trinajstić information content (AvgIpc) is 3.39. The Balaban J connectivity index is 1.56. The maximum absolute atomic E-state index is 12.9. The van der Waals surface area contributed by atoms with Crippen LogP contribution < -0.4 is 0 Å². The number of halogens is 1. The minimum absolute atomic E-state index is 0.0587. The summed E-state index contributed by atoms with van der Waals surface area (Å²) in [5, 5.41) is 15.3. The molecule has 8 heteroatoms. The first-order chi connectivity index (χ1) is 15.5. The molecule has 0 saturated heterocycles. The zero-order valence-corrected chi connectivity index (χ0v) is 18.0. The molecule has 0 spiro atoms. The maximum atomic E-state index is 12.9. The number of hydrogen-bond acceptors (Lipinski definition) is 5. The number of nitro benzene ring substituents is 1. The monoisotopic (exact) mass is 459 g/mol. The number of carbonyl (C=O) groups is 1. The number of hydrogen-bond donors (Lipinski definition) is 0. The predicted octanol–water partition coefficient (Wildman–Crippen LogP) is 6.67. The summed E-state index contributed by atoms with van der Waals surface area (Å²) in [4.78, 5) is 29.0. The maximum Gasteiger partial charge on any atom is 0.288 e. The zero-order chi connectivity index (χ0) is 22.2. The lowest BCUT2D eigenvalue weighted by Gasteiger charge is -2.03. The van der Waals surface area contributed by atoms with Crippen LogP contribution in [0.15, 0.2) is 78.3 Å². The van der Waals surface area contributed by atoms with Gasteiger partial charge in [0.25, 0.3) is 5.69 Å². The van der Waals surface area contributed by atoms with Crippen LogP contribution in [0.3, 0.4) is 0 Å². The van der Waals surface area contributed by atoms with Crippen molar-refractivity contribution >= 4 is 56.2 Å². The number of rotatable bonds is 5. The van der Waals surface area contributed by atoms with E-state index in [1.165, 1.54) is 29.5 Å². The van der Waals surface area contributed by atoms with Crippen molar-refractivity contribution in [2.24, 2.45) is 0 Å². The molecule has 0 aliphatic carbocycles. The van der Waals surface area contributed by atoms with E-state index in [1.807, 2.05) is 52.4 Å². The zero-order valence-electron chi connectivity index (χ0n) is 16.4. The number of allylic oxidation sites excluding steroid dienone is 1. The van der Waals surface area contributed by atoms with Crippen LogP contribution in [0, 0.1) is 10.1 Å². The number of fused-ring (bicyclic) bond motifs is 2. The minimum Gasteiger partial charge on any atom is -0.290 e. The van der Waals surface area contributed by atoms with Crippen molar-refractivity contribution in [2.75, 3.05) is 0 Å². The van der Waals surface area contributed by atoms with Gasteiger partial charge in [0.15, 0.2) is 10.7 Å². The predicted molar refractivity (Wildman–Crippen MR) is 127 cm³/mol. The van der Waals surface area contributed by atoms with E-state index < -0.39 is 4.92 Å². The van der Waals surface area contributed by atoms with Gasteiger partial charge in [-0.25, -0.2) is 4.98 Å². The first-order valence-electron chi connectivity index (χ1n) is 9.62. The van der Waals surface area contributed by atoms with Crippen molar-refractivity contribution in [2.45, 2.75) is 0 Å². The molecule has 5 rings (SSSR count). The number of imidazole rings is 1. The van der Waals surface area contributed by atoms with Gasteiger partial charge in [-0.3, -0.25) is 19.3 Å². The van der Waals surface area contributed by atoms with E-state index in [4.69, 9.17) is 11.6 Å². The third kappa shape index (κ3) is 3.57. The molecular formula is C24H14ClN3O3S. The molecule has 0 aliphatic heterocycles. The molecule has 0 amide bonds. The highest BCUT2D eigenvalue weighted by atomic mass is 35.5. The van der Waals surface area contributed by atoms with Crippen LogP contribution in [-0.2, 0) is 0 Å². The summed E-state index contributed by atoms with van der Waals surface area (Å²) < 4.78 is 1.85. The summed E-state index contributed by atoms with van der Waals surface area (Å²) in [5.41, 5.74) is 2.14. The highest BCUT2D eigenvalue weighted by Crippen LogP contribution is 2.33. The summed E-state index contributed by atoms with van der Waals surface area (Å²) in [6, 6.07) is 18.0. The van der Waals surface area contributed by atoms with Crippen LogP contribution in [0.4, 0.5) is 5.69 Å². The van der Waals surface area contributed by atoms with Gasteiger partial charge in [-0.15, -0.1) is 11.3 Å². The number of nitro groups is 1. The number of nitrogens with zero attached hydrogens (tertiary/aromatic N) is 3. The highest BCUT2D eigenvalue weighted by molar-refractivity contribution is 7.15. The molecule has 6 nitrogen and oxygen atoms in total. The van der Waals surface area contributed by atoms with Crippen molar-refractivity contribution in [3.05, 3.63) is 105 Å². The van der Waals surface area contributed by atoms with Gasteiger partial charge in [0.1, 0.15) is 5.02 Å². The van der Waals surface area contributed by atoms with Crippen LogP contribution >= 0.6 is 22.9 Å². The standard InChI is InChI=1S/C24H14ClN3O3S/c25-19-8-7-18(14-21(19)28(30)31)23-20(27-11-12-32-24(27)26-23)9-10-22(29)17-6-5-15-3-1-2-4-16(15)13-17/h1-14H. The Kier molecular flexibility index (Phi) is 5.05. The Morgan fingerprint density at radius 1 is 1.09 bits per heavy atom. The second-order valence-electron chi connectivity index (χ2n) is 7.08. The second kappa shape index (κ2) is 8.03. The smallest absolute Gasteiger partial charge is 0.288 e. The van der Waals surface area contributed by atoms with E-state index in [1.54, 1.807) is 18.2 Å². The normalized spacial score (nSPS) is 11.5. The van der Waals surface area contributed by atoms with E-state index in [9.17, 15) is 14.9 Å². The third-order valence-electron chi connectivity index (χ3n) is 5.14. The number of benzene rings is 3. The van der Waals surface area contributed by atoms with E-state index in [2.05, 4.69) is 4.98 Å². The van der Waals surface area contributed by atoms with E-state index in [0.717, 1.165) is 15.7 Å². The first kappa shape index (κ1) is 20.1. The number of aromatic nitrogens is 2. The Morgan fingerprint density at radius 2 is 1.91 bits per heavy atom. The van der Waals surface area contributed by atoms with E-state index in [0.29, 0.717) is 22.5 Å². The molecule has 0 radical (unpaired) electrons. The molecule has 0 atom stereocenters. The Bertz CT molecular complexity index is 1550. The quantitative estimate of drug-likeness (QED) is 0.127. The summed E-state index contributed by atoms with van der Waals surface area (Å²) in [5.74, 6) is -0.144. The van der Waals surface area contributed by atoms with Crippen LogP contribution in [0.2, 0.25) is 5.02 Å². The third-order valence-corrected chi connectivity index (χ3v) is 6.22. The average molecular weight is 460 g/mol. The Hall–Kier alpha value is -3.81. The molecule has 0 saturated carbocycles. The summed E-state index contributed by atoms with van der Waals surface area (Å²) in [7, 11) is 0. The van der Waals surface area contributed by atoms with Crippen molar-refractivity contribution in [1.29, 1.82) is 0 Å². The lowest BCUT2D eigenvalue weighted by molar-refractivity contribution is -0.384. The molecule has 32 heavy (non-hydrogen) atoms. The van der Waals surface area contributed by atoms with E-state index in [-0.39, 0.29) is 16.5 Å². The summed E-state index contributed by atoms with van der Waals surface area (Å²) in [6.07, 6.45) is 5.04. The van der Waals surface area contributed by atoms with Gasteiger partial charge in [-0.2, -0.15) is 0 Å². The second-order valence-corrected chi connectivity index (χ2v) is 8.36. The molecule has 0 bridgehead atoms. The van der Waals surface area contributed by atoms with Gasteiger partial charge in [-0.1, -0.05) is 54.1 Å². The summed E-state index contributed by atoms with van der Waals surface area (Å²) >= 11 is 7.40. The molecular weight excluding hydrogens is 446 g/mol. The van der Waals surface area contributed by atoms with Gasteiger partial charge >= 0.3 is 0 Å². The molecule has 0 fully saturated rings. The molecule has 0 aliphatic rings. The SMILES string of the molecule is O=C(C=Cc1c(-c2ccc(Cl)c([N+](=O)[O-])c2)nc2sccn12)c1ccc2ccccc2c1. The Labute approximate surface area is 191 Å². The number of carbonyl (C=O) groups excluding carboxylic acids is 1. The fourth-order valence-corrected chi connectivity index (χ4v) is 4.48. The topological polar surface area (TPSA) is 77.5 Å². The number of ketones is 1. The van der Waals surface area contributed by atoms with Gasteiger partial charge in [0, 0.05) is 28.8 Å². The van der Waals surface area contributed by atoms with Gasteiger partial charge < -0.3 is 0 Å².